The maximum Gasteiger partial charge on any atom is 0.251 e. The maximum atomic E-state index is 12.8. The number of benzene rings is 2. The summed E-state index contributed by atoms with van der Waals surface area (Å²) >= 11 is 5.85. The highest BCUT2D eigenvalue weighted by Crippen LogP contribution is 2.12. The van der Waals surface area contributed by atoms with Gasteiger partial charge in [0.1, 0.15) is 6.04 Å². The first-order valence-corrected chi connectivity index (χ1v) is 8.61. The van der Waals surface area contributed by atoms with Crippen molar-refractivity contribution in [3.8, 4) is 0 Å². The van der Waals surface area contributed by atoms with Gasteiger partial charge in [-0.3, -0.25) is 9.59 Å². The summed E-state index contributed by atoms with van der Waals surface area (Å²) in [6, 6.07) is 15.8. The van der Waals surface area contributed by atoms with Crippen LogP contribution in [-0.2, 0) is 11.3 Å². The van der Waals surface area contributed by atoms with E-state index in [-0.39, 0.29) is 17.7 Å². The molecule has 1 atom stereocenters. The third-order valence-corrected chi connectivity index (χ3v) is 4.22. The lowest BCUT2D eigenvalue weighted by Crippen LogP contribution is -2.50. The average molecular weight is 359 g/mol. The summed E-state index contributed by atoms with van der Waals surface area (Å²) in [5.41, 5.74) is 1.53. The Hall–Kier alpha value is -2.33. The van der Waals surface area contributed by atoms with Gasteiger partial charge >= 0.3 is 0 Å². The number of hydrogen-bond donors (Lipinski definition) is 1. The van der Waals surface area contributed by atoms with Crippen molar-refractivity contribution < 1.29 is 9.59 Å². The van der Waals surface area contributed by atoms with E-state index in [1.165, 1.54) is 0 Å². The molecule has 132 valence electrons. The normalized spacial score (nSPS) is 11.9. The number of amides is 2. The first kappa shape index (κ1) is 19.0. The van der Waals surface area contributed by atoms with Gasteiger partial charge in [0.15, 0.2) is 0 Å². The second kappa shape index (κ2) is 8.67. The molecule has 2 aromatic rings. The molecule has 4 nitrogen and oxygen atoms in total. The summed E-state index contributed by atoms with van der Waals surface area (Å²) in [5, 5.41) is 3.41. The number of carbonyl (C=O) groups is 2. The molecule has 0 aromatic heterocycles. The molecule has 0 aliphatic carbocycles. The molecule has 0 fully saturated rings. The second-order valence-electron chi connectivity index (χ2n) is 6.38. The molecule has 1 N–H and O–H groups in total. The van der Waals surface area contributed by atoms with Crippen LogP contribution in [0, 0.1) is 5.92 Å². The lowest BCUT2D eigenvalue weighted by atomic mass is 10.0. The van der Waals surface area contributed by atoms with E-state index >= 15 is 0 Å². The van der Waals surface area contributed by atoms with Crippen LogP contribution in [0.15, 0.2) is 54.6 Å². The molecule has 0 bridgehead atoms. The summed E-state index contributed by atoms with van der Waals surface area (Å²) in [5.74, 6) is -0.417. The number of nitrogens with zero attached hydrogens (tertiary/aromatic N) is 1. The standard InChI is InChI=1S/C20H23ClN2O2/c1-14(2)18(22-19(24)16-9-11-17(21)12-10-16)20(25)23(3)13-15-7-5-4-6-8-15/h4-12,14,18H,13H2,1-3H3,(H,22,24)/t18-/m0/s1. The fourth-order valence-corrected chi connectivity index (χ4v) is 2.64. The zero-order valence-corrected chi connectivity index (χ0v) is 15.5. The summed E-state index contributed by atoms with van der Waals surface area (Å²) in [6.45, 7) is 4.34. The van der Waals surface area contributed by atoms with Crippen molar-refractivity contribution in [1.82, 2.24) is 10.2 Å². The molecule has 0 aliphatic rings. The van der Waals surface area contributed by atoms with Crippen molar-refractivity contribution in [2.75, 3.05) is 7.05 Å². The molecule has 0 heterocycles. The lowest BCUT2D eigenvalue weighted by Gasteiger charge is -2.27. The molecular formula is C20H23ClN2O2. The van der Waals surface area contributed by atoms with Crippen LogP contribution in [0.4, 0.5) is 0 Å². The molecule has 2 amide bonds. The molecule has 5 heteroatoms. The van der Waals surface area contributed by atoms with Crippen molar-refractivity contribution in [3.63, 3.8) is 0 Å². The third kappa shape index (κ3) is 5.33. The van der Waals surface area contributed by atoms with Crippen molar-refractivity contribution in [3.05, 3.63) is 70.7 Å². The summed E-state index contributed by atoms with van der Waals surface area (Å²) in [4.78, 5) is 26.9. The van der Waals surface area contributed by atoms with Crippen molar-refractivity contribution in [2.45, 2.75) is 26.4 Å². The van der Waals surface area contributed by atoms with Gasteiger partial charge in [0.25, 0.3) is 5.91 Å². The van der Waals surface area contributed by atoms with E-state index in [1.807, 2.05) is 44.2 Å². The molecule has 0 aliphatic heterocycles. The molecule has 0 spiro atoms. The zero-order valence-electron chi connectivity index (χ0n) is 14.7. The largest absolute Gasteiger partial charge is 0.340 e. The van der Waals surface area contributed by atoms with Gasteiger partial charge in [0.05, 0.1) is 0 Å². The van der Waals surface area contributed by atoms with E-state index in [2.05, 4.69) is 5.32 Å². The molecule has 2 rings (SSSR count). The number of halogens is 1. The van der Waals surface area contributed by atoms with Gasteiger partial charge in [-0.15, -0.1) is 0 Å². The van der Waals surface area contributed by atoms with Gasteiger partial charge in [-0.25, -0.2) is 0 Å². The number of hydrogen-bond acceptors (Lipinski definition) is 2. The van der Waals surface area contributed by atoms with E-state index in [9.17, 15) is 9.59 Å². The number of likely N-dealkylation sites (N-methyl/N-ethyl adjacent to an activating group) is 1. The fraction of sp³-hybridized carbons (Fsp3) is 0.300. The Bertz CT molecular complexity index is 714. The van der Waals surface area contributed by atoms with Gasteiger partial charge < -0.3 is 10.2 Å². The van der Waals surface area contributed by atoms with Gasteiger partial charge in [-0.1, -0.05) is 55.8 Å². The Kier molecular flexibility index (Phi) is 6.59. The summed E-state index contributed by atoms with van der Waals surface area (Å²) in [7, 11) is 1.75. The van der Waals surface area contributed by atoms with E-state index in [4.69, 9.17) is 11.6 Å². The van der Waals surface area contributed by atoms with Crippen LogP contribution in [0.2, 0.25) is 5.02 Å². The summed E-state index contributed by atoms with van der Waals surface area (Å²) < 4.78 is 0. The SMILES string of the molecule is CC(C)[C@H](NC(=O)c1ccc(Cl)cc1)C(=O)N(C)Cc1ccccc1. The van der Waals surface area contributed by atoms with E-state index < -0.39 is 6.04 Å². The Morgan fingerprint density at radius 3 is 2.20 bits per heavy atom. The highest BCUT2D eigenvalue weighted by atomic mass is 35.5. The fourth-order valence-electron chi connectivity index (χ4n) is 2.51. The van der Waals surface area contributed by atoms with Crippen LogP contribution in [0.25, 0.3) is 0 Å². The first-order valence-electron chi connectivity index (χ1n) is 8.24. The Morgan fingerprint density at radius 1 is 1.04 bits per heavy atom. The Labute approximate surface area is 153 Å². The van der Waals surface area contributed by atoms with Crippen LogP contribution < -0.4 is 5.32 Å². The van der Waals surface area contributed by atoms with Crippen molar-refractivity contribution in [2.24, 2.45) is 5.92 Å². The smallest absolute Gasteiger partial charge is 0.251 e. The lowest BCUT2D eigenvalue weighted by molar-refractivity contribution is -0.133. The first-order chi connectivity index (χ1) is 11.9. The Balaban J connectivity index is 2.07. The third-order valence-electron chi connectivity index (χ3n) is 3.96. The summed E-state index contributed by atoms with van der Waals surface area (Å²) in [6.07, 6.45) is 0. The van der Waals surface area contributed by atoms with E-state index in [1.54, 1.807) is 36.2 Å². The number of carbonyl (C=O) groups excluding carboxylic acids is 2. The highest BCUT2D eigenvalue weighted by Gasteiger charge is 2.27. The predicted octanol–water partition coefficient (Wildman–Crippen LogP) is 3.75. The molecule has 2 aromatic carbocycles. The minimum absolute atomic E-state index is 0.0260. The van der Waals surface area contributed by atoms with Crippen LogP contribution >= 0.6 is 11.6 Å². The molecule has 0 unspecified atom stereocenters. The molecule has 0 saturated carbocycles. The molecule has 0 radical (unpaired) electrons. The van der Waals surface area contributed by atoms with Crippen molar-refractivity contribution >= 4 is 23.4 Å². The van der Waals surface area contributed by atoms with Crippen LogP contribution in [0.5, 0.6) is 0 Å². The number of rotatable bonds is 6. The van der Waals surface area contributed by atoms with Gasteiger partial charge in [0.2, 0.25) is 5.91 Å². The van der Waals surface area contributed by atoms with Gasteiger partial charge in [0, 0.05) is 24.2 Å². The minimum atomic E-state index is -0.586. The van der Waals surface area contributed by atoms with Crippen LogP contribution in [-0.4, -0.2) is 29.8 Å². The zero-order chi connectivity index (χ0) is 18.4. The van der Waals surface area contributed by atoms with Crippen LogP contribution in [0.1, 0.15) is 29.8 Å². The van der Waals surface area contributed by atoms with E-state index in [0.29, 0.717) is 17.1 Å². The average Bonchev–Trinajstić information content (AvgIpc) is 2.60. The maximum absolute atomic E-state index is 12.8. The van der Waals surface area contributed by atoms with Gasteiger partial charge in [-0.05, 0) is 35.7 Å². The van der Waals surface area contributed by atoms with Crippen LogP contribution in [0.3, 0.4) is 0 Å². The number of nitrogens with one attached hydrogen (secondary N) is 1. The molecule has 25 heavy (non-hydrogen) atoms. The second-order valence-corrected chi connectivity index (χ2v) is 6.82. The van der Waals surface area contributed by atoms with E-state index in [0.717, 1.165) is 5.56 Å². The minimum Gasteiger partial charge on any atom is -0.340 e. The van der Waals surface area contributed by atoms with Gasteiger partial charge in [-0.2, -0.15) is 0 Å². The topological polar surface area (TPSA) is 49.4 Å². The monoisotopic (exact) mass is 358 g/mol. The predicted molar refractivity (Wildman–Crippen MR) is 100 cm³/mol. The highest BCUT2D eigenvalue weighted by molar-refractivity contribution is 6.30. The van der Waals surface area contributed by atoms with Crippen molar-refractivity contribution in [1.29, 1.82) is 0 Å². The Morgan fingerprint density at radius 2 is 1.64 bits per heavy atom. The quantitative estimate of drug-likeness (QED) is 0.854. The molecule has 0 saturated heterocycles. The molecular weight excluding hydrogens is 336 g/mol.